The summed E-state index contributed by atoms with van der Waals surface area (Å²) in [5.74, 6) is 0.365. The maximum atomic E-state index is 9.75. The maximum absolute atomic E-state index is 9.75. The van der Waals surface area contributed by atoms with E-state index in [0.29, 0.717) is 18.8 Å². The van der Waals surface area contributed by atoms with Gasteiger partial charge in [-0.15, -0.1) is 0 Å². The first-order chi connectivity index (χ1) is 9.65. The number of hydrogen-bond acceptors (Lipinski definition) is 5. The molecule has 0 fully saturated rings. The Morgan fingerprint density at radius 2 is 1.95 bits per heavy atom. The molecule has 1 unspecified atom stereocenters. The lowest BCUT2D eigenvalue weighted by Gasteiger charge is -2.15. The highest BCUT2D eigenvalue weighted by Crippen LogP contribution is 2.27. The second-order valence-electron chi connectivity index (χ2n) is 4.73. The van der Waals surface area contributed by atoms with Crippen LogP contribution >= 0.6 is 0 Å². The predicted octanol–water partition coefficient (Wildman–Crippen LogP) is 2.19. The van der Waals surface area contributed by atoms with Crippen LogP contribution in [0.25, 0.3) is 0 Å². The van der Waals surface area contributed by atoms with Crippen molar-refractivity contribution in [2.45, 2.75) is 25.8 Å². The van der Waals surface area contributed by atoms with Crippen LogP contribution in [-0.2, 0) is 9.47 Å². The SMILES string of the molecule is COCCOCCCCNC(C)c1cc(O)ccc1O. The summed E-state index contributed by atoms with van der Waals surface area (Å²) in [6.07, 6.45) is 1.98. The zero-order valence-corrected chi connectivity index (χ0v) is 12.3. The number of rotatable bonds is 10. The Balaban J connectivity index is 2.17. The summed E-state index contributed by atoms with van der Waals surface area (Å²) in [6.45, 7) is 4.80. The molecule has 3 N–H and O–H groups in total. The summed E-state index contributed by atoms with van der Waals surface area (Å²) in [5, 5.41) is 22.5. The minimum Gasteiger partial charge on any atom is -0.508 e. The zero-order chi connectivity index (χ0) is 14.8. The van der Waals surface area contributed by atoms with Gasteiger partial charge in [-0.2, -0.15) is 0 Å². The molecule has 0 amide bonds. The first-order valence-electron chi connectivity index (χ1n) is 6.97. The van der Waals surface area contributed by atoms with Crippen LogP contribution in [0.4, 0.5) is 0 Å². The summed E-state index contributed by atoms with van der Waals surface area (Å²) >= 11 is 0. The smallest absolute Gasteiger partial charge is 0.120 e. The number of nitrogens with one attached hydrogen (secondary N) is 1. The molecule has 0 aliphatic rings. The largest absolute Gasteiger partial charge is 0.508 e. The molecule has 20 heavy (non-hydrogen) atoms. The summed E-state index contributed by atoms with van der Waals surface area (Å²) in [5.41, 5.74) is 0.710. The third kappa shape index (κ3) is 6.23. The van der Waals surface area contributed by atoms with Gasteiger partial charge in [0.15, 0.2) is 0 Å². The molecule has 0 saturated carbocycles. The molecule has 0 saturated heterocycles. The van der Waals surface area contributed by atoms with Crippen molar-refractivity contribution in [2.75, 3.05) is 33.5 Å². The van der Waals surface area contributed by atoms with Crippen LogP contribution in [-0.4, -0.2) is 43.7 Å². The number of methoxy groups -OCH3 is 1. The highest BCUT2D eigenvalue weighted by Gasteiger charge is 2.10. The molecule has 1 rings (SSSR count). The molecule has 1 aromatic carbocycles. The van der Waals surface area contributed by atoms with Gasteiger partial charge in [0.2, 0.25) is 0 Å². The average molecular weight is 283 g/mol. The van der Waals surface area contributed by atoms with Gasteiger partial charge in [-0.05, 0) is 44.5 Å². The lowest BCUT2D eigenvalue weighted by atomic mass is 10.1. The molecule has 0 aromatic heterocycles. The zero-order valence-electron chi connectivity index (χ0n) is 12.3. The number of ether oxygens (including phenoxy) is 2. The van der Waals surface area contributed by atoms with Gasteiger partial charge in [0, 0.05) is 25.3 Å². The predicted molar refractivity (Wildman–Crippen MR) is 78.1 cm³/mol. The molecule has 0 heterocycles. The third-order valence-corrected chi connectivity index (χ3v) is 3.08. The van der Waals surface area contributed by atoms with Crippen LogP contribution in [0.5, 0.6) is 11.5 Å². The van der Waals surface area contributed by atoms with Crippen molar-refractivity contribution in [3.8, 4) is 11.5 Å². The molecule has 0 spiro atoms. The van der Waals surface area contributed by atoms with Crippen molar-refractivity contribution in [1.29, 1.82) is 0 Å². The van der Waals surface area contributed by atoms with Gasteiger partial charge >= 0.3 is 0 Å². The first-order valence-corrected chi connectivity index (χ1v) is 6.97. The van der Waals surface area contributed by atoms with Crippen LogP contribution in [0.2, 0.25) is 0 Å². The van der Waals surface area contributed by atoms with Crippen molar-refractivity contribution in [3.05, 3.63) is 23.8 Å². The number of benzene rings is 1. The molecule has 0 radical (unpaired) electrons. The van der Waals surface area contributed by atoms with Gasteiger partial charge in [0.05, 0.1) is 13.2 Å². The van der Waals surface area contributed by atoms with E-state index in [-0.39, 0.29) is 17.5 Å². The Labute approximate surface area is 120 Å². The molecule has 0 aliphatic heterocycles. The highest BCUT2D eigenvalue weighted by atomic mass is 16.5. The molecule has 114 valence electrons. The Kier molecular flexibility index (Phi) is 8.02. The fourth-order valence-corrected chi connectivity index (χ4v) is 1.89. The van der Waals surface area contributed by atoms with Gasteiger partial charge in [-0.3, -0.25) is 0 Å². The van der Waals surface area contributed by atoms with Crippen molar-refractivity contribution in [3.63, 3.8) is 0 Å². The van der Waals surface area contributed by atoms with Crippen molar-refractivity contribution < 1.29 is 19.7 Å². The first kappa shape index (κ1) is 16.8. The summed E-state index contributed by atoms with van der Waals surface area (Å²) in [7, 11) is 1.66. The van der Waals surface area contributed by atoms with Gasteiger partial charge in [-0.25, -0.2) is 0 Å². The van der Waals surface area contributed by atoms with Crippen LogP contribution in [0, 0.1) is 0 Å². The fraction of sp³-hybridized carbons (Fsp3) is 0.600. The van der Waals surface area contributed by atoms with Gasteiger partial charge in [0.25, 0.3) is 0 Å². The number of phenolic OH excluding ortho intramolecular Hbond substituents is 2. The summed E-state index contributed by atoms with van der Waals surface area (Å²) < 4.78 is 10.3. The van der Waals surface area contributed by atoms with E-state index >= 15 is 0 Å². The monoisotopic (exact) mass is 283 g/mol. The molecule has 1 atom stereocenters. The Hall–Kier alpha value is -1.30. The average Bonchev–Trinajstić information content (AvgIpc) is 2.44. The van der Waals surface area contributed by atoms with E-state index < -0.39 is 0 Å². The summed E-state index contributed by atoms with van der Waals surface area (Å²) in [4.78, 5) is 0. The van der Waals surface area contributed by atoms with Crippen LogP contribution in [0.1, 0.15) is 31.4 Å². The van der Waals surface area contributed by atoms with Gasteiger partial charge in [0.1, 0.15) is 11.5 Å². The van der Waals surface area contributed by atoms with Gasteiger partial charge < -0.3 is 25.0 Å². The van der Waals surface area contributed by atoms with E-state index in [2.05, 4.69) is 5.32 Å². The standard InChI is InChI=1S/C15H25NO4/c1-12(14-11-13(17)5-6-15(14)18)16-7-3-4-8-20-10-9-19-2/h5-6,11-12,16-18H,3-4,7-10H2,1-2H3. The Morgan fingerprint density at radius 3 is 2.70 bits per heavy atom. The third-order valence-electron chi connectivity index (χ3n) is 3.08. The van der Waals surface area contributed by atoms with Crippen molar-refractivity contribution in [1.82, 2.24) is 5.32 Å². The van der Waals surface area contributed by atoms with Crippen LogP contribution in [0.15, 0.2) is 18.2 Å². The maximum Gasteiger partial charge on any atom is 0.120 e. The molecule has 0 aliphatic carbocycles. The fourth-order valence-electron chi connectivity index (χ4n) is 1.89. The van der Waals surface area contributed by atoms with Crippen LogP contribution < -0.4 is 5.32 Å². The Bertz CT molecular complexity index is 384. The molecule has 5 heteroatoms. The van der Waals surface area contributed by atoms with E-state index in [1.807, 2.05) is 6.92 Å². The lowest BCUT2D eigenvalue weighted by Crippen LogP contribution is -2.20. The quantitative estimate of drug-likeness (QED) is 0.453. The number of phenols is 2. The Morgan fingerprint density at radius 1 is 1.15 bits per heavy atom. The number of unbranched alkanes of at least 4 members (excludes halogenated alkanes) is 1. The van der Waals surface area contributed by atoms with E-state index in [9.17, 15) is 10.2 Å². The van der Waals surface area contributed by atoms with E-state index in [1.165, 1.54) is 12.1 Å². The molecule has 5 nitrogen and oxygen atoms in total. The normalized spacial score (nSPS) is 12.5. The minimum absolute atomic E-state index is 0.00323. The second-order valence-corrected chi connectivity index (χ2v) is 4.73. The molecular formula is C15H25NO4. The minimum atomic E-state index is -0.00323. The van der Waals surface area contributed by atoms with E-state index in [1.54, 1.807) is 13.2 Å². The van der Waals surface area contributed by atoms with E-state index in [4.69, 9.17) is 9.47 Å². The topological polar surface area (TPSA) is 71.0 Å². The van der Waals surface area contributed by atoms with Crippen molar-refractivity contribution in [2.24, 2.45) is 0 Å². The molecule has 0 bridgehead atoms. The number of hydrogen-bond donors (Lipinski definition) is 3. The van der Waals surface area contributed by atoms with Gasteiger partial charge in [-0.1, -0.05) is 0 Å². The molecule has 1 aromatic rings. The number of aromatic hydroxyl groups is 2. The lowest BCUT2D eigenvalue weighted by molar-refractivity contribution is 0.0687. The van der Waals surface area contributed by atoms with Crippen molar-refractivity contribution >= 4 is 0 Å². The summed E-state index contributed by atoms with van der Waals surface area (Å²) in [6, 6.07) is 4.56. The van der Waals surface area contributed by atoms with E-state index in [0.717, 1.165) is 26.0 Å². The highest BCUT2D eigenvalue weighted by molar-refractivity contribution is 5.40. The molecular weight excluding hydrogens is 258 g/mol. The van der Waals surface area contributed by atoms with Crippen LogP contribution in [0.3, 0.4) is 0 Å². The second kappa shape index (κ2) is 9.58.